The molecule has 1 amide bonds. The summed E-state index contributed by atoms with van der Waals surface area (Å²) in [6.07, 6.45) is 4.71. The molecule has 0 spiro atoms. The number of benzene rings is 3. The minimum atomic E-state index is -4.04. The van der Waals surface area contributed by atoms with E-state index in [1.165, 1.54) is 43.2 Å². The van der Waals surface area contributed by atoms with Gasteiger partial charge in [0.15, 0.2) is 0 Å². The van der Waals surface area contributed by atoms with Crippen molar-refractivity contribution in [1.82, 2.24) is 0 Å². The molecule has 0 heterocycles. The van der Waals surface area contributed by atoms with E-state index in [1.807, 2.05) is 0 Å². The molecule has 178 valence electrons. The molecule has 34 heavy (non-hydrogen) atoms. The Balaban J connectivity index is 1.52. The molecule has 0 saturated heterocycles. The van der Waals surface area contributed by atoms with E-state index in [2.05, 4.69) is 5.32 Å². The summed E-state index contributed by atoms with van der Waals surface area (Å²) in [5, 5.41) is 3.22. The Morgan fingerprint density at radius 2 is 1.62 bits per heavy atom. The molecule has 6 nitrogen and oxygen atoms in total. The zero-order chi connectivity index (χ0) is 24.1. The van der Waals surface area contributed by atoms with Gasteiger partial charge >= 0.3 is 0 Å². The highest BCUT2D eigenvalue weighted by Crippen LogP contribution is 2.31. The Hall–Kier alpha value is -2.74. The fourth-order valence-electron chi connectivity index (χ4n) is 3.82. The predicted molar refractivity (Wildman–Crippen MR) is 135 cm³/mol. The van der Waals surface area contributed by atoms with Gasteiger partial charge in [0, 0.05) is 5.69 Å². The van der Waals surface area contributed by atoms with E-state index < -0.39 is 22.5 Å². The van der Waals surface area contributed by atoms with Crippen LogP contribution < -0.4 is 14.4 Å². The summed E-state index contributed by atoms with van der Waals surface area (Å²) in [5.41, 5.74) is 0.767. The second-order valence-electron chi connectivity index (χ2n) is 8.02. The summed E-state index contributed by atoms with van der Waals surface area (Å²) >= 11 is 12.1. The molecular weight excluding hydrogens is 495 g/mol. The Kier molecular flexibility index (Phi) is 7.66. The van der Waals surface area contributed by atoms with E-state index in [-0.39, 0.29) is 26.7 Å². The third-order valence-corrected chi connectivity index (χ3v) is 8.08. The number of rotatable bonds is 8. The fourth-order valence-corrected chi connectivity index (χ4v) is 5.55. The maximum Gasteiger partial charge on any atom is 0.264 e. The average Bonchev–Trinajstić information content (AvgIpc) is 3.34. The van der Waals surface area contributed by atoms with E-state index in [0.717, 1.165) is 22.9 Å². The highest BCUT2D eigenvalue weighted by atomic mass is 35.5. The van der Waals surface area contributed by atoms with Gasteiger partial charge in [-0.1, -0.05) is 41.4 Å². The number of anilines is 2. The lowest BCUT2D eigenvalue weighted by atomic mass is 10.2. The van der Waals surface area contributed by atoms with E-state index >= 15 is 0 Å². The molecule has 0 radical (unpaired) electrons. The van der Waals surface area contributed by atoms with Crippen molar-refractivity contribution in [2.45, 2.75) is 36.7 Å². The molecule has 0 aliphatic heterocycles. The third kappa shape index (κ3) is 5.84. The summed E-state index contributed by atoms with van der Waals surface area (Å²) in [6, 6.07) is 19.4. The SMILES string of the molecule is O=C(CN(c1ccc(Cl)c(Cl)c1)S(=O)(=O)c1ccccc1)Nc1ccc(OC2CCCC2)cc1. The van der Waals surface area contributed by atoms with Crippen LogP contribution >= 0.6 is 23.2 Å². The molecule has 0 atom stereocenters. The molecule has 1 fully saturated rings. The maximum absolute atomic E-state index is 13.4. The van der Waals surface area contributed by atoms with Gasteiger partial charge in [-0.3, -0.25) is 9.10 Å². The van der Waals surface area contributed by atoms with E-state index in [0.29, 0.717) is 5.69 Å². The molecular formula is C25H24Cl2N2O4S. The highest BCUT2D eigenvalue weighted by molar-refractivity contribution is 7.92. The number of sulfonamides is 1. The summed E-state index contributed by atoms with van der Waals surface area (Å²) in [4.78, 5) is 12.9. The number of amides is 1. The van der Waals surface area contributed by atoms with Crippen molar-refractivity contribution in [3.63, 3.8) is 0 Å². The Morgan fingerprint density at radius 3 is 2.26 bits per heavy atom. The van der Waals surface area contributed by atoms with E-state index in [9.17, 15) is 13.2 Å². The van der Waals surface area contributed by atoms with Crippen molar-refractivity contribution in [3.05, 3.63) is 82.8 Å². The second-order valence-corrected chi connectivity index (χ2v) is 10.7. The molecule has 0 aromatic heterocycles. The van der Waals surface area contributed by atoms with Crippen LogP contribution in [0.2, 0.25) is 10.0 Å². The largest absolute Gasteiger partial charge is 0.490 e. The Labute approximate surface area is 209 Å². The van der Waals surface area contributed by atoms with Crippen LogP contribution in [0.4, 0.5) is 11.4 Å². The van der Waals surface area contributed by atoms with Gasteiger partial charge in [-0.05, 0) is 80.3 Å². The van der Waals surface area contributed by atoms with Crippen molar-refractivity contribution in [3.8, 4) is 5.75 Å². The minimum Gasteiger partial charge on any atom is -0.490 e. The number of hydrogen-bond acceptors (Lipinski definition) is 4. The third-order valence-electron chi connectivity index (χ3n) is 5.55. The lowest BCUT2D eigenvalue weighted by Crippen LogP contribution is -2.38. The van der Waals surface area contributed by atoms with E-state index in [4.69, 9.17) is 27.9 Å². The van der Waals surface area contributed by atoms with Crippen LogP contribution in [0.25, 0.3) is 0 Å². The van der Waals surface area contributed by atoms with Gasteiger partial charge in [0.05, 0.1) is 26.7 Å². The lowest BCUT2D eigenvalue weighted by Gasteiger charge is -2.24. The van der Waals surface area contributed by atoms with Gasteiger partial charge in [-0.25, -0.2) is 8.42 Å². The minimum absolute atomic E-state index is 0.0577. The summed E-state index contributed by atoms with van der Waals surface area (Å²) in [6.45, 7) is -0.449. The molecule has 1 saturated carbocycles. The first-order valence-electron chi connectivity index (χ1n) is 10.9. The molecule has 1 N–H and O–H groups in total. The van der Waals surface area contributed by atoms with Crippen LogP contribution in [0.15, 0.2) is 77.7 Å². The average molecular weight is 519 g/mol. The van der Waals surface area contributed by atoms with Crippen molar-refractivity contribution in [2.75, 3.05) is 16.2 Å². The number of hydrogen-bond donors (Lipinski definition) is 1. The van der Waals surface area contributed by atoms with Gasteiger partial charge in [0.2, 0.25) is 5.91 Å². The number of carbonyl (C=O) groups is 1. The van der Waals surface area contributed by atoms with Gasteiger partial charge in [0.25, 0.3) is 10.0 Å². The molecule has 3 aromatic carbocycles. The van der Waals surface area contributed by atoms with Crippen LogP contribution in [0.3, 0.4) is 0 Å². The molecule has 4 rings (SSSR count). The van der Waals surface area contributed by atoms with Crippen molar-refractivity contribution in [1.29, 1.82) is 0 Å². The zero-order valence-corrected chi connectivity index (χ0v) is 20.6. The van der Waals surface area contributed by atoms with Crippen LogP contribution in [-0.2, 0) is 14.8 Å². The van der Waals surface area contributed by atoms with Gasteiger partial charge in [-0.2, -0.15) is 0 Å². The molecule has 0 bridgehead atoms. The summed E-state index contributed by atoms with van der Waals surface area (Å²) in [7, 11) is -4.04. The first-order chi connectivity index (χ1) is 16.3. The Bertz CT molecular complexity index is 1250. The van der Waals surface area contributed by atoms with Gasteiger partial charge < -0.3 is 10.1 Å². The quantitative estimate of drug-likeness (QED) is 0.388. The van der Waals surface area contributed by atoms with Gasteiger partial charge in [-0.15, -0.1) is 0 Å². The van der Waals surface area contributed by atoms with Crippen molar-refractivity contribution in [2.24, 2.45) is 0 Å². The van der Waals surface area contributed by atoms with E-state index in [1.54, 1.807) is 42.5 Å². The lowest BCUT2D eigenvalue weighted by molar-refractivity contribution is -0.114. The van der Waals surface area contributed by atoms with Crippen LogP contribution in [0.5, 0.6) is 5.75 Å². The standard InChI is InChI=1S/C25H24Cl2N2O4S/c26-23-15-12-19(16-24(23)27)29(34(31,32)22-8-2-1-3-9-22)17-25(30)28-18-10-13-21(14-11-18)33-20-6-4-5-7-20/h1-3,8-16,20H,4-7,17H2,(H,28,30). The molecule has 9 heteroatoms. The highest BCUT2D eigenvalue weighted by Gasteiger charge is 2.27. The molecule has 0 unspecified atom stereocenters. The number of carbonyl (C=O) groups excluding carboxylic acids is 1. The molecule has 1 aliphatic carbocycles. The molecule has 1 aliphatic rings. The number of nitrogens with zero attached hydrogens (tertiary/aromatic N) is 1. The predicted octanol–water partition coefficient (Wildman–Crippen LogP) is 6.15. The second kappa shape index (κ2) is 10.7. The number of halogens is 2. The van der Waals surface area contributed by atoms with Crippen molar-refractivity contribution >= 4 is 50.5 Å². The number of nitrogens with one attached hydrogen (secondary N) is 1. The summed E-state index contributed by atoms with van der Waals surface area (Å²) < 4.78 is 33.7. The monoisotopic (exact) mass is 518 g/mol. The topological polar surface area (TPSA) is 75.7 Å². The zero-order valence-electron chi connectivity index (χ0n) is 18.3. The fraction of sp³-hybridized carbons (Fsp3) is 0.240. The maximum atomic E-state index is 13.4. The van der Waals surface area contributed by atoms with Gasteiger partial charge in [0.1, 0.15) is 12.3 Å². The number of ether oxygens (including phenoxy) is 1. The van der Waals surface area contributed by atoms with Crippen LogP contribution in [0, 0.1) is 0 Å². The Morgan fingerprint density at radius 1 is 0.941 bits per heavy atom. The summed E-state index contributed by atoms with van der Waals surface area (Å²) in [5.74, 6) is 0.240. The van der Waals surface area contributed by atoms with Crippen LogP contribution in [0.1, 0.15) is 25.7 Å². The molecule has 3 aromatic rings. The first kappa shape index (κ1) is 24.4. The van der Waals surface area contributed by atoms with Crippen LogP contribution in [-0.4, -0.2) is 27.0 Å². The first-order valence-corrected chi connectivity index (χ1v) is 13.1. The van der Waals surface area contributed by atoms with Crippen molar-refractivity contribution < 1.29 is 17.9 Å². The smallest absolute Gasteiger partial charge is 0.264 e. The normalized spacial score (nSPS) is 14.1.